The van der Waals surface area contributed by atoms with Crippen LogP contribution >= 0.6 is 0 Å². The highest BCUT2D eigenvalue weighted by atomic mass is 16.5. The van der Waals surface area contributed by atoms with Crippen molar-refractivity contribution in [1.82, 2.24) is 9.80 Å². The maximum absolute atomic E-state index is 6.35. The Labute approximate surface area is 135 Å². The maximum atomic E-state index is 6.35. The number of hydrogen-bond acceptors (Lipinski definition) is 4. The summed E-state index contributed by atoms with van der Waals surface area (Å²) in [7, 11) is 0. The predicted octanol–water partition coefficient (Wildman–Crippen LogP) is 1.98. The summed E-state index contributed by atoms with van der Waals surface area (Å²) in [6.45, 7) is 14.6. The molecule has 4 fully saturated rings. The van der Waals surface area contributed by atoms with Crippen LogP contribution in [0.15, 0.2) is 0 Å². The zero-order valence-corrected chi connectivity index (χ0v) is 14.6. The Morgan fingerprint density at radius 1 is 0.955 bits per heavy atom. The summed E-state index contributed by atoms with van der Waals surface area (Å²) in [5.74, 6) is 1.43. The van der Waals surface area contributed by atoms with Crippen molar-refractivity contribution in [3.05, 3.63) is 0 Å². The normalized spacial score (nSPS) is 41.7. The summed E-state index contributed by atoms with van der Waals surface area (Å²) in [4.78, 5) is 5.49. The molecule has 0 radical (unpaired) electrons. The maximum Gasteiger partial charge on any atom is 0.0812 e. The van der Waals surface area contributed by atoms with Crippen LogP contribution in [0.25, 0.3) is 0 Å². The summed E-state index contributed by atoms with van der Waals surface area (Å²) in [5.41, 5.74) is 0.216. The molecule has 3 heterocycles. The quantitative estimate of drug-likeness (QED) is 0.796. The van der Waals surface area contributed by atoms with Crippen molar-refractivity contribution in [2.24, 2.45) is 11.8 Å². The molecule has 1 spiro atoms. The zero-order chi connectivity index (χ0) is 15.5. The van der Waals surface area contributed by atoms with Crippen LogP contribution in [0.1, 0.15) is 40.5 Å². The number of ether oxygens (including phenoxy) is 2. The van der Waals surface area contributed by atoms with Crippen molar-refractivity contribution >= 4 is 0 Å². The molecule has 0 N–H and O–H groups in total. The van der Waals surface area contributed by atoms with Crippen LogP contribution in [0.4, 0.5) is 0 Å². The largest absolute Gasteiger partial charge is 0.381 e. The molecule has 4 atom stereocenters. The van der Waals surface area contributed by atoms with Gasteiger partial charge in [0.1, 0.15) is 0 Å². The van der Waals surface area contributed by atoms with Gasteiger partial charge in [-0.15, -0.1) is 0 Å². The fourth-order valence-corrected chi connectivity index (χ4v) is 5.04. The monoisotopic (exact) mass is 308 g/mol. The summed E-state index contributed by atoms with van der Waals surface area (Å²) in [6.07, 6.45) is 2.52. The third-order valence-electron chi connectivity index (χ3n) is 6.50. The lowest BCUT2D eigenvalue weighted by Crippen LogP contribution is -2.62. The Morgan fingerprint density at radius 2 is 1.68 bits per heavy atom. The molecule has 4 rings (SSSR count). The SMILES string of the molecule is CC(C)N1CC2(CC2)OCC1C1C2COCC2CN1C(C)C. The number of morpholine rings is 1. The average Bonchev–Trinajstić information content (AvgIpc) is 2.92. The molecule has 126 valence electrons. The topological polar surface area (TPSA) is 24.9 Å². The van der Waals surface area contributed by atoms with Gasteiger partial charge in [-0.25, -0.2) is 0 Å². The highest BCUT2D eigenvalue weighted by Crippen LogP contribution is 2.47. The first-order chi connectivity index (χ1) is 10.5. The lowest BCUT2D eigenvalue weighted by Gasteiger charge is -2.48. The molecule has 1 aliphatic carbocycles. The third-order valence-corrected chi connectivity index (χ3v) is 6.50. The summed E-state index contributed by atoms with van der Waals surface area (Å²) < 4.78 is 12.2. The summed E-state index contributed by atoms with van der Waals surface area (Å²) >= 11 is 0. The standard InChI is InChI=1S/C18H32N2O2/c1-12(2)19-7-14-8-21-9-15(14)17(19)16-10-22-18(5-6-18)11-20(16)13(3)4/h12-17H,5-11H2,1-4H3. The van der Waals surface area contributed by atoms with Gasteiger partial charge in [0.25, 0.3) is 0 Å². The van der Waals surface area contributed by atoms with Crippen LogP contribution in [-0.2, 0) is 9.47 Å². The van der Waals surface area contributed by atoms with Crippen molar-refractivity contribution in [3.63, 3.8) is 0 Å². The van der Waals surface area contributed by atoms with Crippen LogP contribution < -0.4 is 0 Å². The molecule has 4 unspecified atom stereocenters. The molecule has 0 amide bonds. The first-order valence-corrected chi connectivity index (χ1v) is 9.24. The highest BCUT2D eigenvalue weighted by molar-refractivity contribution is 5.09. The number of rotatable bonds is 3. The van der Waals surface area contributed by atoms with Gasteiger partial charge in [-0.05, 0) is 40.5 Å². The molecule has 3 aliphatic heterocycles. The number of hydrogen-bond donors (Lipinski definition) is 0. The van der Waals surface area contributed by atoms with Gasteiger partial charge < -0.3 is 9.47 Å². The number of nitrogens with zero attached hydrogens (tertiary/aromatic N) is 2. The second-order valence-electron chi connectivity index (χ2n) is 8.57. The minimum atomic E-state index is 0.216. The van der Waals surface area contributed by atoms with E-state index in [-0.39, 0.29) is 5.60 Å². The number of fused-ring (bicyclic) bond motifs is 1. The fraction of sp³-hybridized carbons (Fsp3) is 1.00. The van der Waals surface area contributed by atoms with Crippen molar-refractivity contribution in [3.8, 4) is 0 Å². The van der Waals surface area contributed by atoms with Gasteiger partial charge >= 0.3 is 0 Å². The second-order valence-corrected chi connectivity index (χ2v) is 8.57. The molecule has 4 nitrogen and oxygen atoms in total. The van der Waals surface area contributed by atoms with Crippen molar-refractivity contribution < 1.29 is 9.47 Å². The molecule has 3 saturated heterocycles. The van der Waals surface area contributed by atoms with Gasteiger partial charge in [-0.3, -0.25) is 9.80 Å². The molecule has 0 aromatic rings. The molecule has 0 aromatic carbocycles. The molecular weight excluding hydrogens is 276 g/mol. The van der Waals surface area contributed by atoms with Gasteiger partial charge in [-0.2, -0.15) is 0 Å². The van der Waals surface area contributed by atoms with Crippen LogP contribution in [0, 0.1) is 11.8 Å². The van der Waals surface area contributed by atoms with E-state index in [0.29, 0.717) is 30.1 Å². The van der Waals surface area contributed by atoms with Crippen molar-refractivity contribution in [2.45, 2.75) is 70.3 Å². The van der Waals surface area contributed by atoms with E-state index in [4.69, 9.17) is 9.47 Å². The number of likely N-dealkylation sites (tertiary alicyclic amines) is 1. The highest BCUT2D eigenvalue weighted by Gasteiger charge is 2.56. The van der Waals surface area contributed by atoms with Crippen molar-refractivity contribution in [1.29, 1.82) is 0 Å². The predicted molar refractivity (Wildman–Crippen MR) is 87.0 cm³/mol. The smallest absolute Gasteiger partial charge is 0.0812 e. The van der Waals surface area contributed by atoms with E-state index >= 15 is 0 Å². The van der Waals surface area contributed by atoms with E-state index in [9.17, 15) is 0 Å². The minimum absolute atomic E-state index is 0.216. The Kier molecular flexibility index (Phi) is 3.80. The Morgan fingerprint density at radius 3 is 2.32 bits per heavy atom. The first-order valence-electron chi connectivity index (χ1n) is 9.24. The second kappa shape index (κ2) is 5.44. The van der Waals surface area contributed by atoms with Gasteiger partial charge in [-0.1, -0.05) is 0 Å². The van der Waals surface area contributed by atoms with Crippen LogP contribution in [-0.4, -0.2) is 72.5 Å². The summed E-state index contributed by atoms with van der Waals surface area (Å²) in [5, 5.41) is 0. The van der Waals surface area contributed by atoms with E-state index < -0.39 is 0 Å². The molecule has 0 aromatic heterocycles. The Bertz CT molecular complexity index is 421. The molecule has 0 bridgehead atoms. The van der Waals surface area contributed by atoms with Crippen LogP contribution in [0.5, 0.6) is 0 Å². The lowest BCUT2D eigenvalue weighted by molar-refractivity contribution is -0.115. The third kappa shape index (κ3) is 2.43. The summed E-state index contributed by atoms with van der Waals surface area (Å²) in [6, 6.07) is 2.35. The van der Waals surface area contributed by atoms with Gasteiger partial charge in [0, 0.05) is 49.1 Å². The van der Waals surface area contributed by atoms with Crippen LogP contribution in [0.3, 0.4) is 0 Å². The molecule has 4 aliphatic rings. The van der Waals surface area contributed by atoms with Crippen LogP contribution in [0.2, 0.25) is 0 Å². The van der Waals surface area contributed by atoms with Crippen molar-refractivity contribution in [2.75, 3.05) is 32.9 Å². The van der Waals surface area contributed by atoms with E-state index in [1.165, 1.54) is 19.4 Å². The Balaban J connectivity index is 1.59. The molecule has 4 heteroatoms. The lowest BCUT2D eigenvalue weighted by atomic mass is 9.87. The fourth-order valence-electron chi connectivity index (χ4n) is 5.04. The van der Waals surface area contributed by atoms with Gasteiger partial charge in [0.05, 0.1) is 25.4 Å². The molecule has 22 heavy (non-hydrogen) atoms. The average molecular weight is 308 g/mol. The Hall–Kier alpha value is -0.160. The molecular formula is C18H32N2O2. The first kappa shape index (κ1) is 15.4. The van der Waals surface area contributed by atoms with Gasteiger partial charge in [0.2, 0.25) is 0 Å². The van der Waals surface area contributed by atoms with E-state index in [2.05, 4.69) is 37.5 Å². The zero-order valence-electron chi connectivity index (χ0n) is 14.6. The van der Waals surface area contributed by atoms with E-state index in [0.717, 1.165) is 32.3 Å². The molecule has 1 saturated carbocycles. The van der Waals surface area contributed by atoms with E-state index in [1.807, 2.05) is 0 Å². The van der Waals surface area contributed by atoms with Gasteiger partial charge in [0.15, 0.2) is 0 Å². The van der Waals surface area contributed by atoms with E-state index in [1.54, 1.807) is 0 Å². The minimum Gasteiger partial charge on any atom is -0.381 e.